The highest BCUT2D eigenvalue weighted by molar-refractivity contribution is 7.88. The monoisotopic (exact) mass is 268 g/mol. The molecule has 0 aliphatic carbocycles. The molecule has 0 aliphatic rings. The van der Waals surface area contributed by atoms with Gasteiger partial charge >= 0.3 is 0 Å². The molecule has 7 heteroatoms. The van der Waals surface area contributed by atoms with Gasteiger partial charge in [0.25, 0.3) is 0 Å². The zero-order valence-electron chi connectivity index (χ0n) is 10.8. The standard InChI is InChI=1S/C10H24N2O4S/c1-9(2)7-16-8-10(13)6-11-4-5-12-17(3,14)15/h9-13H,4-8H2,1-3H3. The number of aliphatic hydroxyl groups excluding tert-OH is 1. The van der Waals surface area contributed by atoms with Gasteiger partial charge in [0.1, 0.15) is 0 Å². The van der Waals surface area contributed by atoms with Crippen molar-refractivity contribution in [1.82, 2.24) is 10.0 Å². The van der Waals surface area contributed by atoms with Crippen LogP contribution in [-0.4, -0.2) is 58.7 Å². The highest BCUT2D eigenvalue weighted by atomic mass is 32.2. The van der Waals surface area contributed by atoms with Crippen LogP contribution < -0.4 is 10.0 Å². The van der Waals surface area contributed by atoms with Gasteiger partial charge in [-0.2, -0.15) is 0 Å². The SMILES string of the molecule is CC(C)COCC(O)CNCCNS(C)(=O)=O. The van der Waals surface area contributed by atoms with Crippen LogP contribution in [0.15, 0.2) is 0 Å². The van der Waals surface area contributed by atoms with Gasteiger partial charge in [-0.15, -0.1) is 0 Å². The molecule has 0 aromatic rings. The summed E-state index contributed by atoms with van der Waals surface area (Å²) in [7, 11) is -3.13. The molecule has 1 unspecified atom stereocenters. The Kier molecular flexibility index (Phi) is 8.71. The van der Waals surface area contributed by atoms with Crippen LogP contribution in [0.25, 0.3) is 0 Å². The van der Waals surface area contributed by atoms with Crippen molar-refractivity contribution in [3.63, 3.8) is 0 Å². The molecule has 3 N–H and O–H groups in total. The Labute approximate surface area is 104 Å². The molecule has 104 valence electrons. The van der Waals surface area contributed by atoms with Gasteiger partial charge in [-0.05, 0) is 5.92 Å². The molecule has 0 amide bonds. The van der Waals surface area contributed by atoms with Gasteiger partial charge in [0.15, 0.2) is 0 Å². The van der Waals surface area contributed by atoms with E-state index in [1.165, 1.54) is 0 Å². The summed E-state index contributed by atoms with van der Waals surface area (Å²) in [5.74, 6) is 0.453. The van der Waals surface area contributed by atoms with E-state index < -0.39 is 16.1 Å². The summed E-state index contributed by atoms with van der Waals surface area (Å²) in [4.78, 5) is 0. The Morgan fingerprint density at radius 2 is 1.88 bits per heavy atom. The van der Waals surface area contributed by atoms with Crippen LogP contribution in [-0.2, 0) is 14.8 Å². The number of nitrogens with one attached hydrogen (secondary N) is 2. The fraction of sp³-hybridized carbons (Fsp3) is 1.00. The van der Waals surface area contributed by atoms with Crippen LogP contribution in [0.4, 0.5) is 0 Å². The Bertz CT molecular complexity index is 280. The lowest BCUT2D eigenvalue weighted by atomic mass is 10.2. The first-order chi connectivity index (χ1) is 7.81. The summed E-state index contributed by atoms with van der Waals surface area (Å²) < 4.78 is 29.1. The van der Waals surface area contributed by atoms with Crippen molar-refractivity contribution >= 4 is 10.0 Å². The van der Waals surface area contributed by atoms with Crippen molar-refractivity contribution in [1.29, 1.82) is 0 Å². The lowest BCUT2D eigenvalue weighted by molar-refractivity contribution is 0.0263. The smallest absolute Gasteiger partial charge is 0.208 e. The molecule has 0 saturated heterocycles. The fourth-order valence-electron chi connectivity index (χ4n) is 1.09. The van der Waals surface area contributed by atoms with E-state index in [1.807, 2.05) is 13.8 Å². The normalized spacial score (nSPS) is 14.2. The molecular formula is C10H24N2O4S. The molecule has 0 bridgehead atoms. The predicted octanol–water partition coefficient (Wildman–Crippen LogP) is -0.841. The quantitative estimate of drug-likeness (QED) is 0.450. The highest BCUT2D eigenvalue weighted by Crippen LogP contribution is 1.93. The highest BCUT2D eigenvalue weighted by Gasteiger charge is 2.04. The van der Waals surface area contributed by atoms with Crippen molar-refractivity contribution < 1.29 is 18.3 Å². The molecule has 0 radical (unpaired) electrons. The van der Waals surface area contributed by atoms with Gasteiger partial charge in [-0.3, -0.25) is 0 Å². The van der Waals surface area contributed by atoms with Gasteiger partial charge < -0.3 is 15.2 Å². The Morgan fingerprint density at radius 3 is 2.41 bits per heavy atom. The van der Waals surface area contributed by atoms with Crippen molar-refractivity contribution in [2.75, 3.05) is 39.1 Å². The second-order valence-corrected chi connectivity index (χ2v) is 6.29. The third-order valence-electron chi connectivity index (χ3n) is 1.81. The minimum absolute atomic E-state index is 0.296. The van der Waals surface area contributed by atoms with E-state index in [-0.39, 0.29) is 0 Å². The van der Waals surface area contributed by atoms with Gasteiger partial charge in [0.05, 0.1) is 19.0 Å². The summed E-state index contributed by atoms with van der Waals surface area (Å²) >= 11 is 0. The summed E-state index contributed by atoms with van der Waals surface area (Å²) in [5.41, 5.74) is 0. The Balaban J connectivity index is 3.36. The van der Waals surface area contributed by atoms with E-state index in [0.29, 0.717) is 38.8 Å². The summed E-state index contributed by atoms with van der Waals surface area (Å²) in [5, 5.41) is 12.4. The maximum Gasteiger partial charge on any atom is 0.208 e. The third kappa shape index (κ3) is 13.7. The molecule has 0 aromatic carbocycles. The molecule has 0 rings (SSSR count). The van der Waals surface area contributed by atoms with Crippen LogP contribution in [0.1, 0.15) is 13.8 Å². The average Bonchev–Trinajstić information content (AvgIpc) is 2.14. The second kappa shape index (κ2) is 8.82. The summed E-state index contributed by atoms with van der Waals surface area (Å²) in [6, 6.07) is 0. The van der Waals surface area contributed by atoms with Crippen molar-refractivity contribution in [3.8, 4) is 0 Å². The molecule has 0 aliphatic heterocycles. The molecule has 0 heterocycles. The first-order valence-electron chi connectivity index (χ1n) is 5.72. The molecular weight excluding hydrogens is 244 g/mol. The van der Waals surface area contributed by atoms with E-state index >= 15 is 0 Å². The van der Waals surface area contributed by atoms with E-state index in [0.717, 1.165) is 6.26 Å². The molecule has 1 atom stereocenters. The maximum absolute atomic E-state index is 10.7. The molecule has 6 nitrogen and oxygen atoms in total. The van der Waals surface area contributed by atoms with E-state index in [2.05, 4.69) is 10.0 Å². The molecule has 0 spiro atoms. The first kappa shape index (κ1) is 16.8. The van der Waals surface area contributed by atoms with Crippen LogP contribution in [0.5, 0.6) is 0 Å². The number of hydrogen-bond acceptors (Lipinski definition) is 5. The lowest BCUT2D eigenvalue weighted by Crippen LogP contribution is -2.36. The third-order valence-corrected chi connectivity index (χ3v) is 2.54. The van der Waals surface area contributed by atoms with E-state index in [1.54, 1.807) is 0 Å². The molecule has 17 heavy (non-hydrogen) atoms. The van der Waals surface area contributed by atoms with Gasteiger partial charge in [0.2, 0.25) is 10.0 Å². The van der Waals surface area contributed by atoms with Gasteiger partial charge in [-0.25, -0.2) is 13.1 Å². The lowest BCUT2D eigenvalue weighted by Gasteiger charge is -2.13. The van der Waals surface area contributed by atoms with Gasteiger partial charge in [0, 0.05) is 26.2 Å². The predicted molar refractivity (Wildman–Crippen MR) is 67.4 cm³/mol. The minimum Gasteiger partial charge on any atom is -0.389 e. The molecule has 0 saturated carbocycles. The zero-order chi connectivity index (χ0) is 13.3. The van der Waals surface area contributed by atoms with Crippen LogP contribution in [0.3, 0.4) is 0 Å². The second-order valence-electron chi connectivity index (χ2n) is 4.46. The average molecular weight is 268 g/mol. The van der Waals surface area contributed by atoms with Crippen molar-refractivity contribution in [2.45, 2.75) is 20.0 Å². The summed E-state index contributed by atoms with van der Waals surface area (Å²) in [6.45, 7) is 6.20. The van der Waals surface area contributed by atoms with Crippen molar-refractivity contribution in [3.05, 3.63) is 0 Å². The first-order valence-corrected chi connectivity index (χ1v) is 7.61. The number of rotatable bonds is 10. The largest absolute Gasteiger partial charge is 0.389 e. The minimum atomic E-state index is -3.13. The zero-order valence-corrected chi connectivity index (χ0v) is 11.6. The number of hydrogen-bond donors (Lipinski definition) is 3. The Morgan fingerprint density at radius 1 is 1.24 bits per heavy atom. The Hall–Kier alpha value is -0.210. The molecule has 0 aromatic heterocycles. The number of sulfonamides is 1. The van der Waals surface area contributed by atoms with Crippen LogP contribution in [0, 0.1) is 5.92 Å². The number of aliphatic hydroxyl groups is 1. The van der Waals surface area contributed by atoms with Crippen LogP contribution >= 0.6 is 0 Å². The fourth-order valence-corrected chi connectivity index (χ4v) is 1.57. The van der Waals surface area contributed by atoms with Crippen LogP contribution in [0.2, 0.25) is 0 Å². The summed E-state index contributed by atoms with van der Waals surface area (Å²) in [6.07, 6.45) is 0.550. The number of ether oxygens (including phenoxy) is 1. The van der Waals surface area contributed by atoms with Gasteiger partial charge in [-0.1, -0.05) is 13.8 Å². The van der Waals surface area contributed by atoms with Crippen molar-refractivity contribution in [2.24, 2.45) is 5.92 Å². The van der Waals surface area contributed by atoms with E-state index in [9.17, 15) is 13.5 Å². The molecule has 0 fully saturated rings. The van der Waals surface area contributed by atoms with E-state index in [4.69, 9.17) is 4.74 Å². The topological polar surface area (TPSA) is 87.7 Å². The maximum atomic E-state index is 10.7.